The molecule has 1 aromatic heterocycles. The molecule has 1 heterocycles. The van der Waals surface area contributed by atoms with Crippen molar-refractivity contribution in [2.24, 2.45) is 0 Å². The second-order valence-electron chi connectivity index (χ2n) is 7.33. The molecule has 6 heteroatoms. The predicted molar refractivity (Wildman–Crippen MR) is 124 cm³/mol. The highest BCUT2D eigenvalue weighted by molar-refractivity contribution is 6.30. The number of nitrogens with one attached hydrogen (secondary N) is 1. The molecule has 1 N–H and O–H groups in total. The number of fused-ring (bicyclic) bond motifs is 1. The van der Waals surface area contributed by atoms with Crippen molar-refractivity contribution in [3.8, 4) is 5.75 Å². The Morgan fingerprint density at radius 2 is 1.74 bits per heavy atom. The Morgan fingerprint density at radius 1 is 1.03 bits per heavy atom. The molecule has 0 aliphatic rings. The van der Waals surface area contributed by atoms with E-state index in [2.05, 4.69) is 16.0 Å². The van der Waals surface area contributed by atoms with Crippen LogP contribution in [0.3, 0.4) is 0 Å². The van der Waals surface area contributed by atoms with Gasteiger partial charge in [0.05, 0.1) is 23.7 Å². The van der Waals surface area contributed by atoms with E-state index in [1.165, 1.54) is 0 Å². The van der Waals surface area contributed by atoms with Crippen LogP contribution in [0.15, 0.2) is 78.9 Å². The number of aromatic nitrogens is 2. The van der Waals surface area contributed by atoms with Crippen molar-refractivity contribution in [3.05, 3.63) is 95.3 Å². The number of imidazole rings is 1. The van der Waals surface area contributed by atoms with Crippen LogP contribution in [-0.4, -0.2) is 22.1 Å². The van der Waals surface area contributed by atoms with Gasteiger partial charge < -0.3 is 14.6 Å². The maximum absolute atomic E-state index is 12.7. The maximum atomic E-state index is 12.7. The number of nitrogens with zero attached hydrogens (tertiary/aromatic N) is 2. The Morgan fingerprint density at radius 3 is 2.52 bits per heavy atom. The molecule has 158 valence electrons. The van der Waals surface area contributed by atoms with Crippen molar-refractivity contribution in [2.75, 3.05) is 6.61 Å². The van der Waals surface area contributed by atoms with Gasteiger partial charge in [-0.3, -0.25) is 4.79 Å². The van der Waals surface area contributed by atoms with Gasteiger partial charge in [0.25, 0.3) is 5.91 Å². The largest absolute Gasteiger partial charge is 0.494 e. The standard InChI is InChI=1S/C25H24ClN3O2/c1-18(27-25(30)19-12-14-20(26)15-13-19)24-28-22-10-5-6-11-23(22)29(24)16-7-17-31-21-8-3-2-4-9-21/h2-6,8-15,18H,7,16-17H2,1H3,(H,27,30). The van der Waals surface area contributed by atoms with Crippen LogP contribution in [0.25, 0.3) is 11.0 Å². The summed E-state index contributed by atoms with van der Waals surface area (Å²) < 4.78 is 8.00. The molecule has 0 aliphatic carbocycles. The topological polar surface area (TPSA) is 56.2 Å². The van der Waals surface area contributed by atoms with Gasteiger partial charge in [-0.2, -0.15) is 0 Å². The second kappa shape index (κ2) is 9.67. The third kappa shape index (κ3) is 5.06. The summed E-state index contributed by atoms with van der Waals surface area (Å²) in [7, 11) is 0. The summed E-state index contributed by atoms with van der Waals surface area (Å²) in [5, 5.41) is 3.65. The number of amides is 1. The molecule has 1 amide bonds. The van der Waals surface area contributed by atoms with Gasteiger partial charge in [0.2, 0.25) is 0 Å². The van der Waals surface area contributed by atoms with Gasteiger partial charge in [0.1, 0.15) is 11.6 Å². The molecule has 0 spiro atoms. The average Bonchev–Trinajstić information content (AvgIpc) is 3.16. The Bertz CT molecular complexity index is 1160. The minimum absolute atomic E-state index is 0.157. The summed E-state index contributed by atoms with van der Waals surface area (Å²) in [6.45, 7) is 3.29. The van der Waals surface area contributed by atoms with Crippen LogP contribution < -0.4 is 10.1 Å². The number of halogens is 1. The maximum Gasteiger partial charge on any atom is 0.251 e. The van der Waals surface area contributed by atoms with Crippen molar-refractivity contribution >= 4 is 28.5 Å². The van der Waals surface area contributed by atoms with Crippen LogP contribution in [0.1, 0.15) is 35.6 Å². The molecule has 0 bridgehead atoms. The number of hydrogen-bond donors (Lipinski definition) is 1. The fourth-order valence-corrected chi connectivity index (χ4v) is 3.66. The smallest absolute Gasteiger partial charge is 0.251 e. The van der Waals surface area contributed by atoms with Gasteiger partial charge in [0, 0.05) is 17.1 Å². The molecular formula is C25H24ClN3O2. The summed E-state index contributed by atoms with van der Waals surface area (Å²) in [6.07, 6.45) is 0.820. The Hall–Kier alpha value is -3.31. The third-order valence-corrected chi connectivity index (χ3v) is 5.32. The highest BCUT2D eigenvalue weighted by Gasteiger charge is 2.19. The lowest BCUT2D eigenvalue weighted by molar-refractivity contribution is 0.0937. The zero-order valence-corrected chi connectivity index (χ0v) is 18.0. The molecule has 1 unspecified atom stereocenters. The molecule has 5 nitrogen and oxygen atoms in total. The summed E-state index contributed by atoms with van der Waals surface area (Å²) in [4.78, 5) is 17.5. The first-order valence-electron chi connectivity index (χ1n) is 10.3. The first-order valence-corrected chi connectivity index (χ1v) is 10.7. The molecular weight excluding hydrogens is 410 g/mol. The molecule has 3 aromatic carbocycles. The molecule has 1 atom stereocenters. The first kappa shape index (κ1) is 20.9. The van der Waals surface area contributed by atoms with Crippen molar-refractivity contribution < 1.29 is 9.53 Å². The number of carbonyl (C=O) groups is 1. The van der Waals surface area contributed by atoms with Crippen molar-refractivity contribution in [2.45, 2.75) is 25.9 Å². The minimum atomic E-state index is -0.259. The number of benzene rings is 3. The van der Waals surface area contributed by atoms with Gasteiger partial charge in [-0.15, -0.1) is 0 Å². The predicted octanol–water partition coefficient (Wildman–Crippen LogP) is 5.65. The normalized spacial score (nSPS) is 11.9. The average molecular weight is 434 g/mol. The van der Waals surface area contributed by atoms with Gasteiger partial charge in [-0.1, -0.05) is 41.9 Å². The van der Waals surface area contributed by atoms with E-state index in [1.807, 2.05) is 55.5 Å². The zero-order chi connectivity index (χ0) is 21.6. The van der Waals surface area contributed by atoms with Crippen molar-refractivity contribution in [1.82, 2.24) is 14.9 Å². The van der Waals surface area contributed by atoms with Crippen LogP contribution in [0.5, 0.6) is 5.75 Å². The van der Waals surface area contributed by atoms with E-state index in [1.54, 1.807) is 24.3 Å². The van der Waals surface area contributed by atoms with E-state index in [4.69, 9.17) is 21.3 Å². The van der Waals surface area contributed by atoms with E-state index in [-0.39, 0.29) is 11.9 Å². The Labute approximate surface area is 186 Å². The fraction of sp³-hybridized carbons (Fsp3) is 0.200. The fourth-order valence-electron chi connectivity index (χ4n) is 3.53. The van der Waals surface area contributed by atoms with Gasteiger partial charge in [-0.25, -0.2) is 4.98 Å². The lowest BCUT2D eigenvalue weighted by Crippen LogP contribution is -2.28. The first-order chi connectivity index (χ1) is 15.1. The van der Waals surface area contributed by atoms with Gasteiger partial charge in [0.15, 0.2) is 0 Å². The van der Waals surface area contributed by atoms with Gasteiger partial charge in [-0.05, 0) is 61.9 Å². The molecule has 0 fully saturated rings. The van der Waals surface area contributed by atoms with E-state index < -0.39 is 0 Å². The number of ether oxygens (including phenoxy) is 1. The lowest BCUT2D eigenvalue weighted by Gasteiger charge is -2.17. The number of para-hydroxylation sites is 3. The van der Waals surface area contributed by atoms with Crippen molar-refractivity contribution in [1.29, 1.82) is 0 Å². The molecule has 0 aliphatic heterocycles. The highest BCUT2D eigenvalue weighted by Crippen LogP contribution is 2.22. The summed E-state index contributed by atoms with van der Waals surface area (Å²) in [6, 6.07) is 24.4. The minimum Gasteiger partial charge on any atom is -0.494 e. The van der Waals surface area contributed by atoms with E-state index in [0.717, 1.165) is 35.6 Å². The Balaban J connectivity index is 1.48. The summed E-state index contributed by atoms with van der Waals surface area (Å²) in [5.74, 6) is 1.53. The molecule has 0 saturated carbocycles. The zero-order valence-electron chi connectivity index (χ0n) is 17.3. The molecule has 31 heavy (non-hydrogen) atoms. The number of hydrogen-bond acceptors (Lipinski definition) is 3. The molecule has 0 saturated heterocycles. The van der Waals surface area contributed by atoms with Crippen LogP contribution in [0, 0.1) is 0 Å². The number of carbonyl (C=O) groups excluding carboxylic acids is 1. The molecule has 4 aromatic rings. The number of rotatable bonds is 8. The molecule has 4 rings (SSSR count). The van der Waals surface area contributed by atoms with E-state index in [9.17, 15) is 4.79 Å². The second-order valence-corrected chi connectivity index (χ2v) is 7.76. The number of aryl methyl sites for hydroxylation is 1. The summed E-state index contributed by atoms with van der Waals surface area (Å²) in [5.41, 5.74) is 2.52. The Kier molecular flexibility index (Phi) is 6.53. The highest BCUT2D eigenvalue weighted by atomic mass is 35.5. The quantitative estimate of drug-likeness (QED) is 0.365. The van der Waals surface area contributed by atoms with E-state index in [0.29, 0.717) is 17.2 Å². The van der Waals surface area contributed by atoms with E-state index >= 15 is 0 Å². The molecule has 0 radical (unpaired) electrons. The van der Waals surface area contributed by atoms with Crippen LogP contribution in [-0.2, 0) is 6.54 Å². The third-order valence-electron chi connectivity index (χ3n) is 5.06. The van der Waals surface area contributed by atoms with Crippen molar-refractivity contribution in [3.63, 3.8) is 0 Å². The van der Waals surface area contributed by atoms with Crippen LogP contribution in [0.2, 0.25) is 5.02 Å². The van der Waals surface area contributed by atoms with Crippen LogP contribution >= 0.6 is 11.6 Å². The SMILES string of the molecule is CC(NC(=O)c1ccc(Cl)cc1)c1nc2ccccc2n1CCCOc1ccccc1. The van der Waals surface area contributed by atoms with Crippen LogP contribution in [0.4, 0.5) is 0 Å². The monoisotopic (exact) mass is 433 g/mol. The van der Waals surface area contributed by atoms with Gasteiger partial charge >= 0.3 is 0 Å². The summed E-state index contributed by atoms with van der Waals surface area (Å²) >= 11 is 5.93. The lowest BCUT2D eigenvalue weighted by atomic mass is 10.2.